The Morgan fingerprint density at radius 3 is 2.44 bits per heavy atom. The van der Waals surface area contributed by atoms with E-state index in [4.69, 9.17) is 21.1 Å². The molecule has 0 fully saturated rings. The smallest absolute Gasteiger partial charge is 0.338 e. The topological polar surface area (TPSA) is 52.6 Å². The first-order valence-electron chi connectivity index (χ1n) is 5.71. The number of alkyl halides is 1. The number of hydrogen-bond acceptors (Lipinski definition) is 4. The molecule has 0 heterocycles. The summed E-state index contributed by atoms with van der Waals surface area (Å²) < 4.78 is 9.90. The third-order valence-corrected chi connectivity index (χ3v) is 2.38. The molecule has 0 bridgehead atoms. The van der Waals surface area contributed by atoms with Gasteiger partial charge in [-0.2, -0.15) is 0 Å². The summed E-state index contributed by atoms with van der Waals surface area (Å²) in [5.74, 6) is 0.108. The van der Waals surface area contributed by atoms with Crippen molar-refractivity contribution in [1.29, 1.82) is 0 Å². The quantitative estimate of drug-likeness (QED) is 0.453. The number of rotatable bonds is 6. The van der Waals surface area contributed by atoms with E-state index in [2.05, 4.69) is 0 Å². The van der Waals surface area contributed by atoms with Gasteiger partial charge in [0, 0.05) is 12.3 Å². The normalized spacial score (nSPS) is 9.89. The third kappa shape index (κ3) is 4.75. The molecule has 0 aliphatic rings. The molecule has 98 valence electrons. The molecule has 0 spiro atoms. The number of halogens is 1. The van der Waals surface area contributed by atoms with E-state index in [0.717, 1.165) is 0 Å². The largest absolute Gasteiger partial charge is 0.462 e. The van der Waals surface area contributed by atoms with Crippen molar-refractivity contribution in [2.45, 2.75) is 19.8 Å². The van der Waals surface area contributed by atoms with Crippen molar-refractivity contribution in [3.8, 4) is 5.75 Å². The van der Waals surface area contributed by atoms with Crippen LogP contribution in [0, 0.1) is 0 Å². The third-order valence-electron chi connectivity index (χ3n) is 2.11. The van der Waals surface area contributed by atoms with E-state index in [0.29, 0.717) is 30.2 Å². The molecule has 0 saturated heterocycles. The fraction of sp³-hybridized carbons (Fsp3) is 0.385. The van der Waals surface area contributed by atoms with Crippen LogP contribution in [0.15, 0.2) is 24.3 Å². The molecule has 0 radical (unpaired) electrons. The molecule has 4 nitrogen and oxygen atoms in total. The van der Waals surface area contributed by atoms with Gasteiger partial charge in [0.2, 0.25) is 0 Å². The highest BCUT2D eigenvalue weighted by atomic mass is 35.5. The summed E-state index contributed by atoms with van der Waals surface area (Å²) in [6.07, 6.45) is 0.866. The molecule has 0 atom stereocenters. The van der Waals surface area contributed by atoms with Crippen LogP contribution >= 0.6 is 11.6 Å². The van der Waals surface area contributed by atoms with Gasteiger partial charge < -0.3 is 9.47 Å². The second-order valence-corrected chi connectivity index (χ2v) is 3.89. The van der Waals surface area contributed by atoms with Crippen LogP contribution in [0.1, 0.15) is 30.1 Å². The summed E-state index contributed by atoms with van der Waals surface area (Å²) in [5, 5.41) is 0. The van der Waals surface area contributed by atoms with Crippen molar-refractivity contribution in [2.75, 3.05) is 12.5 Å². The standard InChI is InChI=1S/C13H15ClO4/c1-2-17-13(16)10-5-7-11(8-6-10)18-12(15)4-3-9-14/h5-8H,2-4,9H2,1H3. The Morgan fingerprint density at radius 1 is 1.22 bits per heavy atom. The first-order chi connectivity index (χ1) is 8.67. The van der Waals surface area contributed by atoms with Gasteiger partial charge in [-0.1, -0.05) is 0 Å². The zero-order valence-corrected chi connectivity index (χ0v) is 10.9. The highest BCUT2D eigenvalue weighted by Crippen LogP contribution is 2.14. The van der Waals surface area contributed by atoms with E-state index < -0.39 is 5.97 Å². The van der Waals surface area contributed by atoms with Gasteiger partial charge in [-0.25, -0.2) is 4.79 Å². The summed E-state index contributed by atoms with van der Waals surface area (Å²) in [4.78, 5) is 22.7. The predicted octanol–water partition coefficient (Wildman–Crippen LogP) is 2.79. The lowest BCUT2D eigenvalue weighted by molar-refractivity contribution is -0.134. The van der Waals surface area contributed by atoms with E-state index in [1.165, 1.54) is 0 Å². The van der Waals surface area contributed by atoms with Crippen molar-refractivity contribution < 1.29 is 19.1 Å². The molecule has 0 aliphatic carbocycles. The molecule has 0 aliphatic heterocycles. The lowest BCUT2D eigenvalue weighted by Gasteiger charge is -2.05. The van der Waals surface area contributed by atoms with Crippen molar-refractivity contribution in [3.05, 3.63) is 29.8 Å². The number of benzene rings is 1. The minimum Gasteiger partial charge on any atom is -0.462 e. The van der Waals surface area contributed by atoms with Gasteiger partial charge in [-0.15, -0.1) is 11.6 Å². The fourth-order valence-electron chi connectivity index (χ4n) is 1.27. The zero-order valence-electron chi connectivity index (χ0n) is 10.1. The minimum atomic E-state index is -0.391. The number of hydrogen-bond donors (Lipinski definition) is 0. The van der Waals surface area contributed by atoms with Crippen LogP contribution in [0.5, 0.6) is 5.75 Å². The average molecular weight is 271 g/mol. The highest BCUT2D eigenvalue weighted by Gasteiger charge is 2.08. The molecule has 0 amide bonds. The highest BCUT2D eigenvalue weighted by molar-refractivity contribution is 6.17. The van der Waals surface area contributed by atoms with Gasteiger partial charge in [0.1, 0.15) is 5.75 Å². The number of ether oxygens (including phenoxy) is 2. The summed E-state index contributed by atoms with van der Waals surface area (Å²) in [7, 11) is 0. The van der Waals surface area contributed by atoms with E-state index in [1.807, 2.05) is 0 Å². The predicted molar refractivity (Wildman–Crippen MR) is 68.0 cm³/mol. The van der Waals surface area contributed by atoms with Crippen LogP contribution in [0.25, 0.3) is 0 Å². The van der Waals surface area contributed by atoms with Crippen LogP contribution in [-0.4, -0.2) is 24.4 Å². The molecular weight excluding hydrogens is 256 g/mol. The molecule has 18 heavy (non-hydrogen) atoms. The number of carbonyl (C=O) groups excluding carboxylic acids is 2. The Labute approximate surface area is 111 Å². The Kier molecular flexibility index (Phi) is 6.22. The zero-order chi connectivity index (χ0) is 13.4. The van der Waals surface area contributed by atoms with Crippen LogP contribution < -0.4 is 4.74 Å². The summed E-state index contributed by atoms with van der Waals surface area (Å²) in [5.41, 5.74) is 0.428. The van der Waals surface area contributed by atoms with Gasteiger partial charge in [0.15, 0.2) is 0 Å². The Morgan fingerprint density at radius 2 is 1.89 bits per heavy atom. The van der Waals surface area contributed by atoms with E-state index in [1.54, 1.807) is 31.2 Å². The summed E-state index contributed by atoms with van der Waals surface area (Å²) in [6.45, 7) is 2.07. The SMILES string of the molecule is CCOC(=O)c1ccc(OC(=O)CCCCl)cc1. The maximum absolute atomic E-state index is 11.4. The lowest BCUT2D eigenvalue weighted by atomic mass is 10.2. The Bertz CT molecular complexity index is 400. The average Bonchev–Trinajstić information content (AvgIpc) is 2.37. The molecule has 1 aromatic carbocycles. The second kappa shape index (κ2) is 7.71. The molecular formula is C13H15ClO4. The van der Waals surface area contributed by atoms with Crippen molar-refractivity contribution in [3.63, 3.8) is 0 Å². The van der Waals surface area contributed by atoms with Crippen molar-refractivity contribution >= 4 is 23.5 Å². The summed E-state index contributed by atoms with van der Waals surface area (Å²) in [6, 6.07) is 6.24. The van der Waals surface area contributed by atoms with E-state index in [9.17, 15) is 9.59 Å². The monoisotopic (exact) mass is 270 g/mol. The minimum absolute atomic E-state index is 0.281. The van der Waals surface area contributed by atoms with Crippen LogP contribution in [0.2, 0.25) is 0 Å². The molecule has 0 N–H and O–H groups in total. The Balaban J connectivity index is 2.55. The molecule has 0 aromatic heterocycles. The first-order valence-corrected chi connectivity index (χ1v) is 6.24. The Hall–Kier alpha value is -1.55. The first kappa shape index (κ1) is 14.5. The van der Waals surface area contributed by atoms with E-state index in [-0.39, 0.29) is 12.4 Å². The molecule has 1 rings (SSSR count). The van der Waals surface area contributed by atoms with Gasteiger partial charge in [0.05, 0.1) is 12.2 Å². The maximum atomic E-state index is 11.4. The van der Waals surface area contributed by atoms with Crippen LogP contribution in [-0.2, 0) is 9.53 Å². The van der Waals surface area contributed by atoms with Gasteiger partial charge in [-0.3, -0.25) is 4.79 Å². The summed E-state index contributed by atoms with van der Waals surface area (Å²) >= 11 is 5.47. The second-order valence-electron chi connectivity index (χ2n) is 3.51. The van der Waals surface area contributed by atoms with Crippen LogP contribution in [0.4, 0.5) is 0 Å². The van der Waals surface area contributed by atoms with Gasteiger partial charge in [-0.05, 0) is 37.6 Å². The van der Waals surface area contributed by atoms with Crippen molar-refractivity contribution in [1.82, 2.24) is 0 Å². The van der Waals surface area contributed by atoms with Crippen molar-refractivity contribution in [2.24, 2.45) is 0 Å². The molecule has 0 saturated carbocycles. The fourth-order valence-corrected chi connectivity index (χ4v) is 1.40. The molecule has 5 heteroatoms. The van der Waals surface area contributed by atoms with Gasteiger partial charge >= 0.3 is 11.9 Å². The molecule has 0 unspecified atom stereocenters. The number of esters is 2. The molecule has 1 aromatic rings. The van der Waals surface area contributed by atoms with Gasteiger partial charge in [0.25, 0.3) is 0 Å². The van der Waals surface area contributed by atoms with Crippen LogP contribution in [0.3, 0.4) is 0 Å². The lowest BCUT2D eigenvalue weighted by Crippen LogP contribution is -2.08. The number of carbonyl (C=O) groups is 2. The maximum Gasteiger partial charge on any atom is 0.338 e. The van der Waals surface area contributed by atoms with E-state index >= 15 is 0 Å².